The smallest absolute Gasteiger partial charge is 0.329 e. The molecule has 0 unspecified atom stereocenters. The molecule has 1 aromatic carbocycles. The Kier molecular flexibility index (Phi) is 4.66. The highest BCUT2D eigenvalue weighted by Crippen LogP contribution is 2.32. The molecule has 0 spiro atoms. The van der Waals surface area contributed by atoms with Crippen molar-refractivity contribution in [2.45, 2.75) is 44.1 Å². The van der Waals surface area contributed by atoms with Crippen molar-refractivity contribution in [2.24, 2.45) is 0 Å². The lowest BCUT2D eigenvalue weighted by atomic mass is 9.89. The molecule has 106 valence electrons. The summed E-state index contributed by atoms with van der Waals surface area (Å²) >= 11 is 3.32. The SMILES string of the molecule is N#Cc1cc(Br)ccc1NC1(C(=O)O)CCCCCC1. The summed E-state index contributed by atoms with van der Waals surface area (Å²) in [7, 11) is 0. The lowest BCUT2D eigenvalue weighted by Gasteiger charge is -2.30. The average Bonchev–Trinajstić information content (AvgIpc) is 2.67. The maximum Gasteiger partial charge on any atom is 0.329 e. The Morgan fingerprint density at radius 3 is 2.50 bits per heavy atom. The number of carbonyl (C=O) groups is 1. The highest BCUT2D eigenvalue weighted by atomic mass is 79.9. The van der Waals surface area contributed by atoms with Crippen LogP contribution in [0.4, 0.5) is 5.69 Å². The third kappa shape index (κ3) is 3.13. The first-order valence-corrected chi connectivity index (χ1v) is 7.58. The second-order valence-electron chi connectivity index (χ2n) is 5.23. The number of hydrogen-bond acceptors (Lipinski definition) is 3. The normalized spacial score (nSPS) is 17.8. The maximum absolute atomic E-state index is 11.7. The predicted octanol–water partition coefficient (Wildman–Crippen LogP) is 3.91. The van der Waals surface area contributed by atoms with Gasteiger partial charge in [0.2, 0.25) is 0 Å². The molecule has 1 aromatic rings. The molecular formula is C15H17BrN2O2. The van der Waals surface area contributed by atoms with E-state index in [0.29, 0.717) is 24.1 Å². The molecule has 0 saturated heterocycles. The van der Waals surface area contributed by atoms with E-state index in [4.69, 9.17) is 0 Å². The monoisotopic (exact) mass is 336 g/mol. The molecule has 0 heterocycles. The van der Waals surface area contributed by atoms with Gasteiger partial charge in [-0.3, -0.25) is 0 Å². The standard InChI is InChI=1S/C15H17BrN2O2/c16-12-5-6-13(11(9-12)10-17)18-15(14(19)20)7-3-1-2-4-8-15/h5-6,9,18H,1-4,7-8H2,(H,19,20). The van der Waals surface area contributed by atoms with Gasteiger partial charge in [0.15, 0.2) is 0 Å². The molecule has 1 fully saturated rings. The quantitative estimate of drug-likeness (QED) is 0.820. The molecule has 1 aliphatic carbocycles. The number of rotatable bonds is 3. The Balaban J connectivity index is 2.33. The number of nitrogens with zero attached hydrogens (tertiary/aromatic N) is 1. The minimum atomic E-state index is -0.948. The van der Waals surface area contributed by atoms with E-state index in [1.54, 1.807) is 12.1 Å². The fraction of sp³-hybridized carbons (Fsp3) is 0.467. The average molecular weight is 337 g/mol. The molecule has 4 nitrogen and oxygen atoms in total. The van der Waals surface area contributed by atoms with Crippen molar-refractivity contribution in [1.29, 1.82) is 5.26 Å². The summed E-state index contributed by atoms with van der Waals surface area (Å²) in [6, 6.07) is 7.39. The van der Waals surface area contributed by atoms with Crippen LogP contribution in [0, 0.1) is 11.3 Å². The molecule has 0 aliphatic heterocycles. The summed E-state index contributed by atoms with van der Waals surface area (Å²) in [6.07, 6.45) is 5.15. The largest absolute Gasteiger partial charge is 0.480 e. The number of aliphatic carboxylic acids is 1. The zero-order chi connectivity index (χ0) is 14.6. The number of halogens is 1. The molecule has 1 saturated carbocycles. The van der Waals surface area contributed by atoms with Crippen LogP contribution in [0.1, 0.15) is 44.1 Å². The molecule has 0 aromatic heterocycles. The number of anilines is 1. The summed E-state index contributed by atoms with van der Waals surface area (Å²) in [6.45, 7) is 0. The van der Waals surface area contributed by atoms with E-state index in [1.165, 1.54) is 0 Å². The molecule has 2 rings (SSSR count). The van der Waals surface area contributed by atoms with Crippen molar-refractivity contribution in [2.75, 3.05) is 5.32 Å². The van der Waals surface area contributed by atoms with Gasteiger partial charge in [-0.2, -0.15) is 5.26 Å². The third-order valence-electron chi connectivity index (χ3n) is 3.84. The maximum atomic E-state index is 11.7. The van der Waals surface area contributed by atoms with Crippen molar-refractivity contribution in [3.05, 3.63) is 28.2 Å². The number of carboxylic acids is 1. The van der Waals surface area contributed by atoms with E-state index in [-0.39, 0.29) is 0 Å². The molecule has 5 heteroatoms. The highest BCUT2D eigenvalue weighted by molar-refractivity contribution is 9.10. The van der Waals surface area contributed by atoms with Crippen molar-refractivity contribution in [3.63, 3.8) is 0 Å². The summed E-state index contributed by atoms with van der Waals surface area (Å²) < 4.78 is 0.810. The van der Waals surface area contributed by atoms with Crippen LogP contribution >= 0.6 is 15.9 Å². The highest BCUT2D eigenvalue weighted by Gasteiger charge is 2.38. The Labute approximate surface area is 126 Å². The van der Waals surface area contributed by atoms with E-state index >= 15 is 0 Å². The fourth-order valence-corrected chi connectivity index (χ4v) is 3.06. The first-order chi connectivity index (χ1) is 9.57. The van der Waals surface area contributed by atoms with Crippen LogP contribution in [-0.4, -0.2) is 16.6 Å². The Bertz CT molecular complexity index is 543. The molecule has 2 N–H and O–H groups in total. The second-order valence-corrected chi connectivity index (χ2v) is 6.14. The topological polar surface area (TPSA) is 73.1 Å². The number of benzene rings is 1. The fourth-order valence-electron chi connectivity index (χ4n) is 2.70. The molecule has 20 heavy (non-hydrogen) atoms. The Hall–Kier alpha value is -1.54. The van der Waals surface area contributed by atoms with Crippen LogP contribution in [0.15, 0.2) is 22.7 Å². The van der Waals surface area contributed by atoms with Gasteiger partial charge in [0.05, 0.1) is 11.3 Å². The number of carboxylic acid groups (broad SMARTS) is 1. The van der Waals surface area contributed by atoms with Gasteiger partial charge in [0, 0.05) is 4.47 Å². The molecule has 1 aliphatic rings. The summed E-state index contributed by atoms with van der Waals surface area (Å²) in [5.74, 6) is -0.828. The van der Waals surface area contributed by atoms with Gasteiger partial charge in [-0.1, -0.05) is 41.6 Å². The van der Waals surface area contributed by atoms with E-state index in [9.17, 15) is 15.2 Å². The molecule has 0 amide bonds. The van der Waals surface area contributed by atoms with Gasteiger partial charge in [0.1, 0.15) is 11.6 Å². The van der Waals surface area contributed by atoms with E-state index in [1.807, 2.05) is 6.07 Å². The zero-order valence-electron chi connectivity index (χ0n) is 11.2. The van der Waals surface area contributed by atoms with Crippen molar-refractivity contribution < 1.29 is 9.90 Å². The van der Waals surface area contributed by atoms with Gasteiger partial charge in [-0.05, 0) is 31.0 Å². The lowest BCUT2D eigenvalue weighted by Crippen LogP contribution is -2.46. The molecular weight excluding hydrogens is 320 g/mol. The Morgan fingerprint density at radius 1 is 1.30 bits per heavy atom. The molecule has 0 radical (unpaired) electrons. The second kappa shape index (κ2) is 6.27. The minimum absolute atomic E-state index is 0.462. The first kappa shape index (κ1) is 14.9. The lowest BCUT2D eigenvalue weighted by molar-refractivity contribution is -0.142. The van der Waals surface area contributed by atoms with Crippen LogP contribution in [0.2, 0.25) is 0 Å². The van der Waals surface area contributed by atoms with Crippen LogP contribution in [0.25, 0.3) is 0 Å². The summed E-state index contributed by atoms with van der Waals surface area (Å²) in [4.78, 5) is 11.7. The minimum Gasteiger partial charge on any atom is -0.480 e. The third-order valence-corrected chi connectivity index (χ3v) is 4.34. The van der Waals surface area contributed by atoms with Crippen molar-refractivity contribution in [1.82, 2.24) is 0 Å². The first-order valence-electron chi connectivity index (χ1n) is 6.79. The number of nitriles is 1. The van der Waals surface area contributed by atoms with Gasteiger partial charge in [0.25, 0.3) is 0 Å². The van der Waals surface area contributed by atoms with Crippen molar-refractivity contribution in [3.8, 4) is 6.07 Å². The Morgan fingerprint density at radius 2 is 1.95 bits per heavy atom. The van der Waals surface area contributed by atoms with Crippen LogP contribution < -0.4 is 5.32 Å². The van der Waals surface area contributed by atoms with E-state index in [2.05, 4.69) is 27.3 Å². The summed E-state index contributed by atoms with van der Waals surface area (Å²) in [5, 5.41) is 22.0. The number of hydrogen-bond donors (Lipinski definition) is 2. The molecule has 0 bridgehead atoms. The van der Waals surface area contributed by atoms with Gasteiger partial charge >= 0.3 is 5.97 Å². The van der Waals surface area contributed by atoms with Crippen molar-refractivity contribution >= 4 is 27.6 Å². The van der Waals surface area contributed by atoms with E-state index in [0.717, 1.165) is 30.2 Å². The zero-order valence-corrected chi connectivity index (χ0v) is 12.7. The molecule has 0 atom stereocenters. The van der Waals surface area contributed by atoms with E-state index < -0.39 is 11.5 Å². The number of nitrogens with one attached hydrogen (secondary N) is 1. The van der Waals surface area contributed by atoms with Gasteiger partial charge < -0.3 is 10.4 Å². The van der Waals surface area contributed by atoms with Gasteiger partial charge in [-0.25, -0.2) is 4.79 Å². The van der Waals surface area contributed by atoms with Crippen LogP contribution in [0.3, 0.4) is 0 Å². The van der Waals surface area contributed by atoms with Crippen LogP contribution in [0.5, 0.6) is 0 Å². The predicted molar refractivity (Wildman–Crippen MR) is 80.5 cm³/mol. The van der Waals surface area contributed by atoms with Crippen LogP contribution in [-0.2, 0) is 4.79 Å². The summed E-state index contributed by atoms with van der Waals surface area (Å²) in [5.41, 5.74) is 0.111. The van der Waals surface area contributed by atoms with Gasteiger partial charge in [-0.15, -0.1) is 0 Å².